The van der Waals surface area contributed by atoms with Gasteiger partial charge >= 0.3 is 5.69 Å². The molecule has 230 valence electrons. The van der Waals surface area contributed by atoms with E-state index in [4.69, 9.17) is 9.97 Å². The van der Waals surface area contributed by atoms with Gasteiger partial charge in [0.25, 0.3) is 0 Å². The number of piperazine rings is 1. The summed E-state index contributed by atoms with van der Waals surface area (Å²) in [4.78, 5) is 44.7. The fourth-order valence-corrected chi connectivity index (χ4v) is 6.79. The maximum absolute atomic E-state index is 16.4. The number of benzene rings is 1. The van der Waals surface area contributed by atoms with Crippen LogP contribution >= 0.6 is 0 Å². The number of hydrogen-bond acceptors (Lipinski definition) is 7. The number of nitrogens with zero attached hydrogens (tertiary/aromatic N) is 8. The number of amides is 1. The van der Waals surface area contributed by atoms with Crippen molar-refractivity contribution < 1.29 is 9.18 Å². The minimum absolute atomic E-state index is 0.00591. The molecule has 5 aromatic rings. The first kappa shape index (κ1) is 28.8. The van der Waals surface area contributed by atoms with E-state index in [1.54, 1.807) is 17.3 Å². The van der Waals surface area contributed by atoms with Gasteiger partial charge in [-0.2, -0.15) is 10.1 Å². The van der Waals surface area contributed by atoms with Crippen LogP contribution < -0.4 is 10.6 Å². The molecule has 0 spiro atoms. The van der Waals surface area contributed by atoms with Gasteiger partial charge in [-0.15, -0.1) is 0 Å². The number of aromatic nitrogens is 6. The third-order valence-corrected chi connectivity index (χ3v) is 8.98. The van der Waals surface area contributed by atoms with Crippen molar-refractivity contribution in [1.29, 1.82) is 0 Å². The number of carbonyl (C=O) groups is 1. The van der Waals surface area contributed by atoms with Gasteiger partial charge in [-0.25, -0.2) is 18.7 Å². The van der Waals surface area contributed by atoms with Gasteiger partial charge in [0.2, 0.25) is 5.91 Å². The predicted octanol–water partition coefficient (Wildman–Crippen LogP) is 5.01. The molecule has 1 atom stereocenters. The highest BCUT2D eigenvalue weighted by Crippen LogP contribution is 2.36. The van der Waals surface area contributed by atoms with Gasteiger partial charge in [-0.3, -0.25) is 14.5 Å². The normalized spacial score (nSPS) is 16.9. The maximum Gasteiger partial charge on any atom is 0.355 e. The Balaban J connectivity index is 1.55. The first-order valence-electron chi connectivity index (χ1n) is 15.5. The zero-order chi connectivity index (χ0) is 31.4. The zero-order valence-electron chi connectivity index (χ0n) is 25.7. The van der Waals surface area contributed by atoms with E-state index in [-0.39, 0.29) is 23.6 Å². The van der Waals surface area contributed by atoms with Gasteiger partial charge in [-0.05, 0) is 55.9 Å². The number of fused-ring (bicyclic) bond motifs is 4. The monoisotopic (exact) mass is 606 g/mol. The second kappa shape index (κ2) is 11.2. The van der Waals surface area contributed by atoms with E-state index in [1.807, 2.05) is 54.6 Å². The predicted molar refractivity (Wildman–Crippen MR) is 172 cm³/mol. The Morgan fingerprint density at radius 2 is 1.98 bits per heavy atom. The molecule has 4 aromatic heterocycles. The largest absolute Gasteiger partial charge is 0.355 e. The van der Waals surface area contributed by atoms with Crippen LogP contribution in [0.3, 0.4) is 0 Å². The minimum Gasteiger partial charge on any atom is -0.350 e. The van der Waals surface area contributed by atoms with E-state index in [0.717, 1.165) is 35.0 Å². The van der Waals surface area contributed by atoms with Crippen LogP contribution in [0.4, 0.5) is 10.2 Å². The van der Waals surface area contributed by atoms with Crippen LogP contribution in [-0.4, -0.2) is 65.8 Å². The molecule has 10 nitrogen and oxygen atoms in total. The molecular formula is C34H35FN8O2. The average molecular weight is 607 g/mol. The van der Waals surface area contributed by atoms with Crippen molar-refractivity contribution >= 4 is 33.7 Å². The number of aryl methyl sites for hydroxylation is 2. The van der Waals surface area contributed by atoms with Gasteiger partial charge in [0.15, 0.2) is 5.65 Å². The van der Waals surface area contributed by atoms with Crippen LogP contribution in [-0.2, 0) is 17.8 Å². The summed E-state index contributed by atoms with van der Waals surface area (Å²) in [5.41, 5.74) is 3.76. The molecule has 2 aliphatic rings. The fraction of sp³-hybridized carbons (Fsp3) is 0.353. The van der Waals surface area contributed by atoms with E-state index in [1.165, 1.54) is 16.7 Å². The van der Waals surface area contributed by atoms with Crippen molar-refractivity contribution in [3.63, 3.8) is 0 Å². The van der Waals surface area contributed by atoms with Gasteiger partial charge < -0.3 is 9.80 Å². The van der Waals surface area contributed by atoms with Crippen LogP contribution in [0.25, 0.3) is 38.9 Å². The van der Waals surface area contributed by atoms with Crippen molar-refractivity contribution in [2.75, 3.05) is 24.5 Å². The topological polar surface area (TPSA) is 102 Å². The number of rotatable bonds is 3. The van der Waals surface area contributed by atoms with Crippen molar-refractivity contribution in [3.8, 4) is 16.9 Å². The lowest BCUT2D eigenvalue weighted by atomic mass is 10.00. The Kier molecular flexibility index (Phi) is 7.18. The quantitative estimate of drug-likeness (QED) is 0.266. The van der Waals surface area contributed by atoms with E-state index in [0.29, 0.717) is 60.7 Å². The highest BCUT2D eigenvalue weighted by Gasteiger charge is 2.31. The second-order valence-electron chi connectivity index (χ2n) is 12.2. The van der Waals surface area contributed by atoms with E-state index >= 15 is 4.39 Å². The van der Waals surface area contributed by atoms with E-state index in [9.17, 15) is 9.59 Å². The summed E-state index contributed by atoms with van der Waals surface area (Å²) in [6.07, 6.45) is 7.31. The number of halogens is 1. The summed E-state index contributed by atoms with van der Waals surface area (Å²) >= 11 is 0. The van der Waals surface area contributed by atoms with Gasteiger partial charge in [0.1, 0.15) is 17.3 Å². The lowest BCUT2D eigenvalue weighted by molar-refractivity contribution is -0.126. The number of carbonyl (C=O) groups excluding carboxylic acids is 1. The van der Waals surface area contributed by atoms with Crippen LogP contribution in [0, 0.1) is 5.82 Å². The molecule has 1 amide bonds. The summed E-state index contributed by atoms with van der Waals surface area (Å²) in [6, 6.07) is 8.92. The third-order valence-electron chi connectivity index (χ3n) is 8.98. The number of para-hydroxylation sites is 1. The van der Waals surface area contributed by atoms with E-state index in [2.05, 4.69) is 16.7 Å². The molecule has 1 aromatic carbocycles. The minimum atomic E-state index is -0.519. The van der Waals surface area contributed by atoms with Gasteiger partial charge in [-0.1, -0.05) is 38.6 Å². The fourth-order valence-electron chi connectivity index (χ4n) is 6.79. The van der Waals surface area contributed by atoms with Gasteiger partial charge in [0, 0.05) is 49.4 Å². The standard InChI is InChI=1S/C34H35FN8O2/c1-5-27(44)40-15-16-41(21(4)19-40)32-25-17-26(35)29-24-11-8-10-23-18-37-42(30(23)24)14-7-6-9-22-12-13-36-28(20(2)3)31(22)43(33(25)38-29)34(45)39-32/h5,8,10-13,17-18,20-21H,1,6-7,9,14-16,19H2,2-4H3/t21-/m0/s1. The molecule has 2 bridgehead atoms. The van der Waals surface area contributed by atoms with Crippen LogP contribution in [0.5, 0.6) is 0 Å². The number of hydrogen-bond donors (Lipinski definition) is 0. The number of anilines is 1. The summed E-state index contributed by atoms with van der Waals surface area (Å²) in [6.45, 7) is 11.6. The smallest absolute Gasteiger partial charge is 0.350 e. The molecule has 1 fully saturated rings. The summed E-state index contributed by atoms with van der Waals surface area (Å²) in [7, 11) is 0. The SMILES string of the molecule is C=CC(=O)N1CCN(c2nc(=O)n3c4nc(c(F)cc24)-c2cccc4cnn(c24)CCCCc2ccnc(C(C)C)c2-3)[C@@H](C)C1. The molecule has 0 radical (unpaired) electrons. The Morgan fingerprint density at radius 1 is 1.13 bits per heavy atom. The summed E-state index contributed by atoms with van der Waals surface area (Å²) in [5.74, 6) is -0.310. The third kappa shape index (κ3) is 4.77. The lowest BCUT2D eigenvalue weighted by Gasteiger charge is -2.40. The lowest BCUT2D eigenvalue weighted by Crippen LogP contribution is -2.54. The zero-order valence-corrected chi connectivity index (χ0v) is 25.7. The maximum atomic E-state index is 16.4. The van der Waals surface area contributed by atoms with E-state index < -0.39 is 11.5 Å². The van der Waals surface area contributed by atoms with Crippen molar-refractivity contribution in [2.24, 2.45) is 0 Å². The first-order valence-corrected chi connectivity index (χ1v) is 15.5. The number of pyridine rings is 2. The molecule has 0 unspecified atom stereocenters. The Hall–Kier alpha value is -4.93. The molecule has 0 saturated carbocycles. The molecular weight excluding hydrogens is 571 g/mol. The second-order valence-corrected chi connectivity index (χ2v) is 12.2. The molecule has 45 heavy (non-hydrogen) atoms. The van der Waals surface area contributed by atoms with Crippen molar-refractivity contribution in [1.82, 2.24) is 34.2 Å². The van der Waals surface area contributed by atoms with Crippen LogP contribution in [0.2, 0.25) is 0 Å². The molecule has 6 heterocycles. The Labute approximate surface area is 259 Å². The first-order chi connectivity index (χ1) is 21.8. The highest BCUT2D eigenvalue weighted by atomic mass is 19.1. The summed E-state index contributed by atoms with van der Waals surface area (Å²) in [5, 5.41) is 5.96. The Bertz CT molecular complexity index is 2050. The molecule has 7 rings (SSSR count). The average Bonchev–Trinajstić information content (AvgIpc) is 3.45. The molecule has 11 heteroatoms. The van der Waals surface area contributed by atoms with Gasteiger partial charge in [0.05, 0.1) is 28.5 Å². The Morgan fingerprint density at radius 3 is 2.76 bits per heavy atom. The highest BCUT2D eigenvalue weighted by molar-refractivity contribution is 5.96. The molecule has 1 saturated heterocycles. The molecule has 0 aliphatic carbocycles. The van der Waals surface area contributed by atoms with Crippen molar-refractivity contribution in [3.05, 3.63) is 82.9 Å². The summed E-state index contributed by atoms with van der Waals surface area (Å²) < 4.78 is 19.9. The molecule has 0 N–H and O–H groups in total. The van der Waals surface area contributed by atoms with Crippen LogP contribution in [0.15, 0.2) is 60.2 Å². The van der Waals surface area contributed by atoms with Crippen LogP contribution in [0.1, 0.15) is 50.8 Å². The van der Waals surface area contributed by atoms with Crippen molar-refractivity contribution in [2.45, 2.75) is 58.5 Å². The molecule has 2 aliphatic heterocycles.